The zero-order valence-corrected chi connectivity index (χ0v) is 31.9. The van der Waals surface area contributed by atoms with Crippen LogP contribution in [0.2, 0.25) is 0 Å². The van der Waals surface area contributed by atoms with Crippen LogP contribution in [0.25, 0.3) is 0 Å². The molecule has 0 aromatic carbocycles. The standard InChI is InChI=1S/C37H72O4.C5H13N/c38-36(39)34-32-30-28-26-24-22-20-18-16-14-12-10-8-6-4-2-1-3-5-7-9-11-13-15-17-19-21-23-25-27-29-31-33-35-37(40)41;1-2-3-4-5-6/h1-35H2,(H,38,39)(H,40,41);2-6H2,1H3. The lowest BCUT2D eigenvalue weighted by molar-refractivity contribution is -0.138. The Morgan fingerprint density at radius 2 is 0.489 bits per heavy atom. The Kier molecular flexibility index (Phi) is 45.9. The molecular weight excluding hydrogens is 582 g/mol. The minimum atomic E-state index is -0.654. The summed E-state index contributed by atoms with van der Waals surface area (Å²) in [5.74, 6) is -1.31. The third-order valence-electron chi connectivity index (χ3n) is 9.59. The van der Waals surface area contributed by atoms with Gasteiger partial charge in [-0.1, -0.05) is 219 Å². The number of unbranched alkanes of at least 4 members (excludes halogenated alkanes) is 34. The average molecular weight is 668 g/mol. The van der Waals surface area contributed by atoms with E-state index in [4.69, 9.17) is 15.9 Å². The first-order valence-corrected chi connectivity index (χ1v) is 21.2. The van der Waals surface area contributed by atoms with E-state index in [-0.39, 0.29) is 0 Å². The van der Waals surface area contributed by atoms with Crippen molar-refractivity contribution in [3.63, 3.8) is 0 Å². The van der Waals surface area contributed by atoms with Gasteiger partial charge in [0.1, 0.15) is 0 Å². The van der Waals surface area contributed by atoms with Crippen LogP contribution in [0.1, 0.15) is 251 Å². The van der Waals surface area contributed by atoms with Gasteiger partial charge in [-0.25, -0.2) is 0 Å². The fraction of sp³-hybridized carbons (Fsp3) is 0.952. The molecule has 0 unspecified atom stereocenters. The summed E-state index contributed by atoms with van der Waals surface area (Å²) in [4.78, 5) is 20.9. The molecule has 47 heavy (non-hydrogen) atoms. The molecule has 0 aromatic heterocycles. The zero-order chi connectivity index (χ0) is 34.7. The summed E-state index contributed by atoms with van der Waals surface area (Å²) in [6.45, 7) is 3.03. The Labute approximate surface area is 294 Å². The number of carboxylic acids is 2. The van der Waals surface area contributed by atoms with Gasteiger partial charge < -0.3 is 15.9 Å². The predicted molar refractivity (Wildman–Crippen MR) is 205 cm³/mol. The second-order valence-electron chi connectivity index (χ2n) is 14.5. The van der Waals surface area contributed by atoms with Gasteiger partial charge >= 0.3 is 11.9 Å². The molecule has 282 valence electrons. The molecule has 0 saturated carbocycles. The Morgan fingerprint density at radius 1 is 0.319 bits per heavy atom. The topological polar surface area (TPSA) is 101 Å². The van der Waals surface area contributed by atoms with Gasteiger partial charge in [0, 0.05) is 12.8 Å². The fourth-order valence-corrected chi connectivity index (χ4v) is 6.43. The van der Waals surface area contributed by atoms with Crippen molar-refractivity contribution in [2.75, 3.05) is 6.54 Å². The van der Waals surface area contributed by atoms with Crippen molar-refractivity contribution in [3.8, 4) is 0 Å². The highest BCUT2D eigenvalue weighted by atomic mass is 16.4. The zero-order valence-electron chi connectivity index (χ0n) is 31.9. The van der Waals surface area contributed by atoms with Gasteiger partial charge in [0.25, 0.3) is 0 Å². The number of hydrogen-bond donors (Lipinski definition) is 3. The highest BCUT2D eigenvalue weighted by molar-refractivity contribution is 5.66. The lowest BCUT2D eigenvalue weighted by Crippen LogP contribution is -1.96. The van der Waals surface area contributed by atoms with Crippen LogP contribution in [0.5, 0.6) is 0 Å². The molecule has 0 aliphatic rings. The molecule has 0 bridgehead atoms. The number of nitrogens with two attached hydrogens (primary N) is 1. The van der Waals surface area contributed by atoms with Crippen molar-refractivity contribution >= 4 is 11.9 Å². The molecule has 5 nitrogen and oxygen atoms in total. The van der Waals surface area contributed by atoms with Gasteiger partial charge in [-0.2, -0.15) is 0 Å². The fourth-order valence-electron chi connectivity index (χ4n) is 6.43. The summed E-state index contributed by atoms with van der Waals surface area (Å²) < 4.78 is 0. The monoisotopic (exact) mass is 668 g/mol. The molecule has 0 rings (SSSR count). The molecule has 4 N–H and O–H groups in total. The maximum atomic E-state index is 10.5. The second kappa shape index (κ2) is 44.9. The molecule has 0 saturated heterocycles. The van der Waals surface area contributed by atoms with Crippen LogP contribution in [-0.2, 0) is 9.59 Å². The molecule has 0 spiro atoms. The maximum absolute atomic E-state index is 10.5. The molecule has 0 heterocycles. The van der Waals surface area contributed by atoms with Crippen LogP contribution in [0.15, 0.2) is 0 Å². The first-order valence-electron chi connectivity index (χ1n) is 21.2. The molecule has 0 radical (unpaired) electrons. The summed E-state index contributed by atoms with van der Waals surface area (Å²) in [5.41, 5.74) is 5.21. The van der Waals surface area contributed by atoms with Crippen molar-refractivity contribution in [3.05, 3.63) is 0 Å². The number of rotatable bonds is 39. The third-order valence-corrected chi connectivity index (χ3v) is 9.59. The summed E-state index contributed by atoms with van der Waals surface area (Å²) >= 11 is 0. The average Bonchev–Trinajstić information content (AvgIpc) is 3.05. The van der Waals surface area contributed by atoms with Crippen molar-refractivity contribution in [1.29, 1.82) is 0 Å². The summed E-state index contributed by atoms with van der Waals surface area (Å²) in [6.07, 6.45) is 48.7. The predicted octanol–water partition coefficient (Wildman–Crippen LogP) is 13.9. The van der Waals surface area contributed by atoms with Crippen molar-refractivity contribution in [2.24, 2.45) is 5.73 Å². The largest absolute Gasteiger partial charge is 0.481 e. The molecule has 0 aliphatic carbocycles. The Hall–Kier alpha value is -1.10. The van der Waals surface area contributed by atoms with E-state index in [1.54, 1.807) is 0 Å². The first-order chi connectivity index (χ1) is 23.0. The van der Waals surface area contributed by atoms with Gasteiger partial charge in [-0.05, 0) is 25.8 Å². The van der Waals surface area contributed by atoms with Crippen LogP contribution >= 0.6 is 0 Å². The Bertz CT molecular complexity index is 547. The van der Waals surface area contributed by atoms with E-state index >= 15 is 0 Å². The number of carbonyl (C=O) groups is 2. The highest BCUT2D eigenvalue weighted by Crippen LogP contribution is 2.17. The van der Waals surface area contributed by atoms with Crippen LogP contribution < -0.4 is 5.73 Å². The van der Waals surface area contributed by atoms with Crippen LogP contribution in [0, 0.1) is 0 Å². The van der Waals surface area contributed by atoms with E-state index in [1.165, 1.54) is 205 Å². The first kappa shape index (κ1) is 48.0. The molecule has 0 fully saturated rings. The lowest BCUT2D eigenvalue weighted by atomic mass is 10.0. The summed E-state index contributed by atoms with van der Waals surface area (Å²) in [6, 6.07) is 0. The number of hydrogen-bond acceptors (Lipinski definition) is 3. The third kappa shape index (κ3) is 51.9. The van der Waals surface area contributed by atoms with Gasteiger partial charge in [-0.15, -0.1) is 0 Å². The quantitative estimate of drug-likeness (QED) is 0.0566. The number of aliphatic carboxylic acids is 2. The molecular formula is C42H85NO4. The van der Waals surface area contributed by atoms with E-state index in [0.29, 0.717) is 12.8 Å². The van der Waals surface area contributed by atoms with Crippen molar-refractivity contribution in [2.45, 2.75) is 251 Å². The summed E-state index contributed by atoms with van der Waals surface area (Å²) in [7, 11) is 0. The SMILES string of the molecule is CCCCCN.O=C(O)CCCCCCCCCCCCCCCCCCCCCCCCCCCCCCCCCCCC(=O)O. The van der Waals surface area contributed by atoms with Gasteiger partial charge in [0.2, 0.25) is 0 Å². The van der Waals surface area contributed by atoms with Crippen LogP contribution in [0.3, 0.4) is 0 Å². The summed E-state index contributed by atoms with van der Waals surface area (Å²) in [5, 5.41) is 17.3. The Balaban J connectivity index is 0. The maximum Gasteiger partial charge on any atom is 0.303 e. The number of carboxylic acid groups (broad SMARTS) is 2. The molecule has 0 amide bonds. The van der Waals surface area contributed by atoms with E-state index < -0.39 is 11.9 Å². The minimum Gasteiger partial charge on any atom is -0.481 e. The van der Waals surface area contributed by atoms with E-state index in [0.717, 1.165) is 32.2 Å². The van der Waals surface area contributed by atoms with E-state index in [2.05, 4.69) is 6.92 Å². The normalized spacial score (nSPS) is 11.0. The van der Waals surface area contributed by atoms with Crippen molar-refractivity contribution < 1.29 is 19.8 Å². The van der Waals surface area contributed by atoms with Crippen LogP contribution in [0.4, 0.5) is 0 Å². The second-order valence-corrected chi connectivity index (χ2v) is 14.5. The molecule has 0 atom stereocenters. The highest BCUT2D eigenvalue weighted by Gasteiger charge is 1.99. The van der Waals surface area contributed by atoms with Gasteiger partial charge in [-0.3, -0.25) is 9.59 Å². The molecule has 0 aliphatic heterocycles. The Morgan fingerprint density at radius 3 is 0.596 bits per heavy atom. The van der Waals surface area contributed by atoms with Gasteiger partial charge in [0.05, 0.1) is 0 Å². The van der Waals surface area contributed by atoms with Crippen LogP contribution in [-0.4, -0.2) is 28.7 Å². The van der Waals surface area contributed by atoms with E-state index in [1.807, 2.05) is 0 Å². The molecule has 5 heteroatoms. The van der Waals surface area contributed by atoms with E-state index in [9.17, 15) is 9.59 Å². The lowest BCUT2D eigenvalue weighted by Gasteiger charge is -2.05. The minimum absolute atomic E-state index is 0.340. The molecule has 0 aromatic rings. The smallest absolute Gasteiger partial charge is 0.303 e. The van der Waals surface area contributed by atoms with Gasteiger partial charge in [0.15, 0.2) is 0 Å². The van der Waals surface area contributed by atoms with Crippen molar-refractivity contribution in [1.82, 2.24) is 0 Å².